The Labute approximate surface area is 260 Å². The van der Waals surface area contributed by atoms with Gasteiger partial charge in [0, 0.05) is 32.8 Å². The lowest BCUT2D eigenvalue weighted by atomic mass is 9.94. The standard InChI is InChI=1S/C42H26N2O/c1-3-12-27(13-4-1)37-25-31(24-30-17-8-9-18-32(30)37)38-26-39(44-42(43-38)29-15-5-2-6-16-29)36-21-11-20-34-35-23-22-28-14-7-10-19-33(28)40(35)45-41(34)36/h1-26H. The molecule has 0 N–H and O–H groups in total. The van der Waals surface area contributed by atoms with Crippen molar-refractivity contribution < 1.29 is 4.42 Å². The van der Waals surface area contributed by atoms with Gasteiger partial charge in [-0.1, -0.05) is 127 Å². The Morgan fingerprint density at radius 1 is 0.356 bits per heavy atom. The molecule has 210 valence electrons. The third kappa shape index (κ3) is 4.29. The minimum atomic E-state index is 0.677. The molecular formula is C42H26N2O. The van der Waals surface area contributed by atoms with Crippen LogP contribution in [-0.2, 0) is 0 Å². The fourth-order valence-electron chi connectivity index (χ4n) is 6.49. The molecule has 0 saturated heterocycles. The van der Waals surface area contributed by atoms with E-state index in [9.17, 15) is 0 Å². The van der Waals surface area contributed by atoms with Crippen molar-refractivity contribution in [3.8, 4) is 45.0 Å². The average molecular weight is 575 g/mol. The monoisotopic (exact) mass is 574 g/mol. The maximum atomic E-state index is 6.72. The lowest BCUT2D eigenvalue weighted by molar-refractivity contribution is 0.673. The van der Waals surface area contributed by atoms with Crippen LogP contribution in [0.15, 0.2) is 162 Å². The van der Waals surface area contributed by atoms with Crippen LogP contribution in [0.2, 0.25) is 0 Å². The van der Waals surface area contributed by atoms with E-state index >= 15 is 0 Å². The summed E-state index contributed by atoms with van der Waals surface area (Å²) < 4.78 is 6.72. The molecule has 0 radical (unpaired) electrons. The van der Waals surface area contributed by atoms with Crippen LogP contribution in [0.3, 0.4) is 0 Å². The van der Waals surface area contributed by atoms with Gasteiger partial charge in [-0.2, -0.15) is 0 Å². The van der Waals surface area contributed by atoms with Crippen LogP contribution in [0.25, 0.3) is 88.5 Å². The second-order valence-corrected chi connectivity index (χ2v) is 11.4. The molecule has 9 rings (SSSR count). The van der Waals surface area contributed by atoms with Gasteiger partial charge in [0.25, 0.3) is 0 Å². The van der Waals surface area contributed by atoms with Crippen molar-refractivity contribution in [1.82, 2.24) is 9.97 Å². The maximum Gasteiger partial charge on any atom is 0.160 e. The molecule has 0 amide bonds. The number of nitrogens with zero attached hydrogens (tertiary/aromatic N) is 2. The molecule has 0 bridgehead atoms. The van der Waals surface area contributed by atoms with Crippen molar-refractivity contribution in [2.24, 2.45) is 0 Å². The molecule has 3 nitrogen and oxygen atoms in total. The van der Waals surface area contributed by atoms with E-state index in [4.69, 9.17) is 14.4 Å². The minimum Gasteiger partial charge on any atom is -0.455 e. The average Bonchev–Trinajstić information content (AvgIpc) is 3.51. The van der Waals surface area contributed by atoms with E-state index in [1.54, 1.807) is 0 Å². The highest BCUT2D eigenvalue weighted by atomic mass is 16.3. The third-order valence-corrected chi connectivity index (χ3v) is 8.67. The summed E-state index contributed by atoms with van der Waals surface area (Å²) >= 11 is 0. The first-order valence-electron chi connectivity index (χ1n) is 15.2. The summed E-state index contributed by atoms with van der Waals surface area (Å²) in [6, 6.07) is 54.9. The number of rotatable bonds is 4. The smallest absolute Gasteiger partial charge is 0.160 e. The zero-order valence-electron chi connectivity index (χ0n) is 24.3. The highest BCUT2D eigenvalue weighted by Gasteiger charge is 2.18. The van der Waals surface area contributed by atoms with Crippen LogP contribution >= 0.6 is 0 Å². The van der Waals surface area contributed by atoms with Crippen molar-refractivity contribution in [3.05, 3.63) is 158 Å². The summed E-state index contributed by atoms with van der Waals surface area (Å²) in [6.45, 7) is 0. The Hall–Kier alpha value is -6.06. The van der Waals surface area contributed by atoms with Gasteiger partial charge in [0.2, 0.25) is 0 Å². The van der Waals surface area contributed by atoms with Crippen LogP contribution < -0.4 is 0 Å². The Morgan fingerprint density at radius 2 is 1.00 bits per heavy atom. The van der Waals surface area contributed by atoms with E-state index in [1.165, 1.54) is 21.9 Å². The van der Waals surface area contributed by atoms with Crippen LogP contribution in [-0.4, -0.2) is 9.97 Å². The molecule has 0 aliphatic rings. The lowest BCUT2D eigenvalue weighted by Gasteiger charge is -2.13. The molecule has 0 saturated carbocycles. The zero-order chi connectivity index (χ0) is 29.7. The van der Waals surface area contributed by atoms with E-state index in [0.29, 0.717) is 5.82 Å². The van der Waals surface area contributed by atoms with E-state index in [2.05, 4.69) is 140 Å². The van der Waals surface area contributed by atoms with Crippen molar-refractivity contribution in [2.45, 2.75) is 0 Å². The van der Waals surface area contributed by atoms with E-state index in [0.717, 1.165) is 60.8 Å². The van der Waals surface area contributed by atoms with Crippen molar-refractivity contribution in [2.75, 3.05) is 0 Å². The Morgan fingerprint density at radius 3 is 1.82 bits per heavy atom. The summed E-state index contributed by atoms with van der Waals surface area (Å²) in [5.74, 6) is 0.677. The molecule has 45 heavy (non-hydrogen) atoms. The summed E-state index contributed by atoms with van der Waals surface area (Å²) in [6.07, 6.45) is 0. The fourth-order valence-corrected chi connectivity index (χ4v) is 6.49. The molecule has 9 aromatic rings. The predicted octanol–water partition coefficient (Wildman–Crippen LogP) is 11.4. The topological polar surface area (TPSA) is 38.9 Å². The molecule has 0 atom stereocenters. The third-order valence-electron chi connectivity index (χ3n) is 8.67. The van der Waals surface area contributed by atoms with E-state index < -0.39 is 0 Å². The number of hydrogen-bond donors (Lipinski definition) is 0. The molecule has 7 aromatic carbocycles. The highest BCUT2D eigenvalue weighted by Crippen LogP contribution is 2.40. The first-order valence-corrected chi connectivity index (χ1v) is 15.2. The number of aromatic nitrogens is 2. The molecule has 0 aliphatic carbocycles. The number of furan rings is 1. The zero-order valence-corrected chi connectivity index (χ0v) is 24.3. The maximum absolute atomic E-state index is 6.72. The Balaban J connectivity index is 1.31. The molecule has 2 heterocycles. The summed E-state index contributed by atoms with van der Waals surface area (Å²) in [7, 11) is 0. The van der Waals surface area contributed by atoms with Crippen molar-refractivity contribution in [3.63, 3.8) is 0 Å². The van der Waals surface area contributed by atoms with Crippen LogP contribution in [0.1, 0.15) is 0 Å². The second kappa shape index (κ2) is 10.3. The van der Waals surface area contributed by atoms with Crippen LogP contribution in [0.4, 0.5) is 0 Å². The quantitative estimate of drug-likeness (QED) is 0.210. The summed E-state index contributed by atoms with van der Waals surface area (Å²) in [5.41, 5.74) is 8.71. The van der Waals surface area contributed by atoms with Crippen LogP contribution in [0, 0.1) is 0 Å². The Bertz CT molecular complexity index is 2530. The molecular weight excluding hydrogens is 548 g/mol. The molecule has 3 heteroatoms. The van der Waals surface area contributed by atoms with Gasteiger partial charge >= 0.3 is 0 Å². The van der Waals surface area contributed by atoms with Crippen molar-refractivity contribution in [1.29, 1.82) is 0 Å². The molecule has 0 unspecified atom stereocenters. The molecule has 0 aliphatic heterocycles. The first kappa shape index (κ1) is 25.4. The normalized spacial score (nSPS) is 11.6. The first-order chi connectivity index (χ1) is 22.3. The van der Waals surface area contributed by atoms with Gasteiger partial charge in [0.15, 0.2) is 5.82 Å². The van der Waals surface area contributed by atoms with Gasteiger partial charge in [-0.15, -0.1) is 0 Å². The van der Waals surface area contributed by atoms with E-state index in [1.807, 2.05) is 18.2 Å². The molecule has 0 fully saturated rings. The summed E-state index contributed by atoms with van der Waals surface area (Å²) in [5, 5.41) is 6.82. The van der Waals surface area contributed by atoms with Gasteiger partial charge in [-0.05, 0) is 57.6 Å². The van der Waals surface area contributed by atoms with Gasteiger partial charge in [0.05, 0.1) is 11.4 Å². The van der Waals surface area contributed by atoms with Gasteiger partial charge in [-0.3, -0.25) is 0 Å². The number of para-hydroxylation sites is 1. The SMILES string of the molecule is c1ccc(-c2nc(-c3cc(-c4ccccc4)c4ccccc4c3)cc(-c3cccc4c3oc3c5ccccc5ccc43)n2)cc1. The fraction of sp³-hybridized carbons (Fsp3) is 0. The molecule has 0 spiro atoms. The van der Waals surface area contributed by atoms with E-state index in [-0.39, 0.29) is 0 Å². The minimum absolute atomic E-state index is 0.677. The van der Waals surface area contributed by atoms with Gasteiger partial charge in [-0.25, -0.2) is 9.97 Å². The van der Waals surface area contributed by atoms with Gasteiger partial charge in [0.1, 0.15) is 11.2 Å². The molecule has 2 aromatic heterocycles. The van der Waals surface area contributed by atoms with Crippen molar-refractivity contribution >= 4 is 43.5 Å². The number of hydrogen-bond acceptors (Lipinski definition) is 3. The largest absolute Gasteiger partial charge is 0.455 e. The lowest BCUT2D eigenvalue weighted by Crippen LogP contribution is -1.96. The van der Waals surface area contributed by atoms with Gasteiger partial charge < -0.3 is 4.42 Å². The number of fused-ring (bicyclic) bond motifs is 6. The number of benzene rings is 7. The Kier molecular flexibility index (Phi) is 5.82. The second-order valence-electron chi connectivity index (χ2n) is 11.4. The van der Waals surface area contributed by atoms with Crippen LogP contribution in [0.5, 0.6) is 0 Å². The predicted molar refractivity (Wildman–Crippen MR) is 186 cm³/mol. The summed E-state index contributed by atoms with van der Waals surface area (Å²) in [4.78, 5) is 10.3. The highest BCUT2D eigenvalue weighted by molar-refractivity contribution is 6.17.